The molecule has 1 heterocycles. The van der Waals surface area contributed by atoms with Gasteiger partial charge in [-0.05, 0) is 68.1 Å². The second kappa shape index (κ2) is 9.63. The van der Waals surface area contributed by atoms with Crippen LogP contribution >= 0.6 is 11.6 Å². The van der Waals surface area contributed by atoms with E-state index in [9.17, 15) is 4.79 Å². The molecule has 1 saturated carbocycles. The number of nitrogens with one attached hydrogen (secondary N) is 1. The fraction of sp³-hybridized carbons (Fsp3) is 0.250. The third-order valence-electron chi connectivity index (χ3n) is 5.09. The molecule has 3 aromatic rings. The quantitative estimate of drug-likeness (QED) is 0.557. The average Bonchev–Trinajstić information content (AvgIpc) is 2.78. The van der Waals surface area contributed by atoms with E-state index in [2.05, 4.69) is 10.3 Å². The van der Waals surface area contributed by atoms with Crippen LogP contribution in [0, 0.1) is 0 Å². The lowest BCUT2D eigenvalue weighted by atomic mass is 9.92. The second-order valence-electron chi connectivity index (χ2n) is 7.32. The molecule has 2 aromatic carbocycles. The predicted molar refractivity (Wildman–Crippen MR) is 116 cm³/mol. The van der Waals surface area contributed by atoms with Crippen molar-refractivity contribution in [1.29, 1.82) is 0 Å². The van der Waals surface area contributed by atoms with Crippen molar-refractivity contribution in [2.24, 2.45) is 0 Å². The van der Waals surface area contributed by atoms with Gasteiger partial charge in [0.05, 0.1) is 5.02 Å². The highest BCUT2D eigenvalue weighted by Gasteiger charge is 2.24. The zero-order chi connectivity index (χ0) is 20.8. The number of ether oxygens (including phenoxy) is 2. The number of nitrogens with zero attached hydrogens (tertiary/aromatic N) is 1. The van der Waals surface area contributed by atoms with Gasteiger partial charge in [0.25, 0.3) is 5.91 Å². The first-order valence-electron chi connectivity index (χ1n) is 10.1. The van der Waals surface area contributed by atoms with E-state index < -0.39 is 0 Å². The van der Waals surface area contributed by atoms with E-state index in [1.165, 1.54) is 0 Å². The summed E-state index contributed by atoms with van der Waals surface area (Å²) in [7, 11) is 0. The Kier molecular flexibility index (Phi) is 6.50. The maximum absolute atomic E-state index is 12.6. The van der Waals surface area contributed by atoms with Gasteiger partial charge in [-0.3, -0.25) is 4.79 Å². The molecule has 6 heteroatoms. The van der Waals surface area contributed by atoms with Crippen LogP contribution in [0.3, 0.4) is 0 Å². The molecule has 0 bridgehead atoms. The smallest absolute Gasteiger partial charge is 0.251 e. The molecule has 30 heavy (non-hydrogen) atoms. The van der Waals surface area contributed by atoms with Gasteiger partial charge in [-0.2, -0.15) is 0 Å². The lowest BCUT2D eigenvalue weighted by Gasteiger charge is -2.29. The summed E-state index contributed by atoms with van der Waals surface area (Å²) in [6.45, 7) is 0. The zero-order valence-corrected chi connectivity index (χ0v) is 17.2. The van der Waals surface area contributed by atoms with Crippen LogP contribution in [-0.4, -0.2) is 23.0 Å². The summed E-state index contributed by atoms with van der Waals surface area (Å²) < 4.78 is 11.7. The summed E-state index contributed by atoms with van der Waals surface area (Å²) in [6, 6.07) is 20.5. The number of hydrogen-bond acceptors (Lipinski definition) is 4. The highest BCUT2D eigenvalue weighted by Crippen LogP contribution is 2.24. The predicted octanol–water partition coefficient (Wildman–Crippen LogP) is 5.65. The monoisotopic (exact) mass is 422 g/mol. The summed E-state index contributed by atoms with van der Waals surface area (Å²) in [4.78, 5) is 16.8. The van der Waals surface area contributed by atoms with Crippen LogP contribution in [0.5, 0.6) is 17.4 Å². The molecule has 1 fully saturated rings. The second-order valence-corrected chi connectivity index (χ2v) is 7.76. The highest BCUT2D eigenvalue weighted by molar-refractivity contribution is 6.30. The summed E-state index contributed by atoms with van der Waals surface area (Å²) in [5.74, 6) is 1.99. The Labute approximate surface area is 181 Å². The van der Waals surface area contributed by atoms with Crippen molar-refractivity contribution < 1.29 is 14.3 Å². The molecule has 1 aliphatic carbocycles. The average molecular weight is 423 g/mol. The van der Waals surface area contributed by atoms with Crippen molar-refractivity contribution >= 4 is 17.5 Å². The van der Waals surface area contributed by atoms with Gasteiger partial charge in [0, 0.05) is 23.9 Å². The van der Waals surface area contributed by atoms with Crippen LogP contribution in [0.1, 0.15) is 36.0 Å². The Hall–Kier alpha value is -3.05. The topological polar surface area (TPSA) is 60.5 Å². The molecule has 5 nitrogen and oxygen atoms in total. The zero-order valence-electron chi connectivity index (χ0n) is 16.5. The number of aromatic nitrogens is 1. The van der Waals surface area contributed by atoms with Crippen molar-refractivity contribution in [2.75, 3.05) is 0 Å². The molecule has 0 atom stereocenters. The van der Waals surface area contributed by atoms with Gasteiger partial charge in [0.15, 0.2) is 0 Å². The van der Waals surface area contributed by atoms with Crippen LogP contribution in [-0.2, 0) is 0 Å². The molecular formula is C24H23ClN2O3. The lowest BCUT2D eigenvalue weighted by molar-refractivity contribution is 0.0890. The standard InChI is InChI=1S/C24H23ClN2O3/c25-18-8-15-23(26-16-18)30-22-13-9-19(10-14-22)27-24(28)17-6-11-21(12-7-17)29-20-4-2-1-3-5-20/h1-8,11-12,15-16,19,22H,9-10,13-14H2,(H,27,28). The van der Waals surface area contributed by atoms with E-state index in [1.54, 1.807) is 30.5 Å². The molecule has 0 unspecified atom stereocenters. The largest absolute Gasteiger partial charge is 0.474 e. The molecule has 154 valence electrons. The minimum atomic E-state index is -0.0648. The third-order valence-corrected chi connectivity index (χ3v) is 5.32. The number of carbonyl (C=O) groups is 1. The Balaban J connectivity index is 1.25. The van der Waals surface area contributed by atoms with Gasteiger partial charge < -0.3 is 14.8 Å². The van der Waals surface area contributed by atoms with Gasteiger partial charge in [-0.25, -0.2) is 4.98 Å². The van der Waals surface area contributed by atoms with Crippen molar-refractivity contribution in [3.05, 3.63) is 83.5 Å². The van der Waals surface area contributed by atoms with Gasteiger partial charge in [0.1, 0.15) is 17.6 Å². The molecule has 0 saturated heterocycles. The van der Waals surface area contributed by atoms with Crippen LogP contribution in [0.2, 0.25) is 5.02 Å². The number of hydrogen-bond donors (Lipinski definition) is 1. The maximum Gasteiger partial charge on any atom is 0.251 e. The first-order valence-corrected chi connectivity index (χ1v) is 10.5. The molecular weight excluding hydrogens is 400 g/mol. The normalized spacial score (nSPS) is 18.4. The molecule has 0 aliphatic heterocycles. The molecule has 1 amide bonds. The fourth-order valence-electron chi connectivity index (χ4n) is 3.50. The number of rotatable bonds is 6. The first kappa shape index (κ1) is 20.2. The molecule has 1 aliphatic rings. The van der Waals surface area contributed by atoms with Crippen molar-refractivity contribution in [3.8, 4) is 17.4 Å². The Morgan fingerprint density at radius 1 is 0.900 bits per heavy atom. The number of pyridine rings is 1. The SMILES string of the molecule is O=C(NC1CCC(Oc2ccc(Cl)cn2)CC1)c1ccc(Oc2ccccc2)cc1. The molecule has 0 radical (unpaired) electrons. The number of amides is 1. The van der Waals surface area contributed by atoms with E-state index >= 15 is 0 Å². The van der Waals surface area contributed by atoms with Gasteiger partial charge >= 0.3 is 0 Å². The van der Waals surface area contributed by atoms with Gasteiger partial charge in [0.2, 0.25) is 5.88 Å². The first-order chi connectivity index (χ1) is 14.7. The fourth-order valence-corrected chi connectivity index (χ4v) is 3.61. The van der Waals surface area contributed by atoms with Crippen molar-refractivity contribution in [3.63, 3.8) is 0 Å². The Morgan fingerprint density at radius 2 is 1.60 bits per heavy atom. The Morgan fingerprint density at radius 3 is 2.27 bits per heavy atom. The summed E-state index contributed by atoms with van der Waals surface area (Å²) >= 11 is 5.85. The van der Waals surface area contributed by atoms with E-state index in [0.717, 1.165) is 31.4 Å². The van der Waals surface area contributed by atoms with E-state index in [-0.39, 0.29) is 18.1 Å². The van der Waals surface area contributed by atoms with E-state index in [0.29, 0.717) is 22.2 Å². The van der Waals surface area contributed by atoms with Gasteiger partial charge in [-0.1, -0.05) is 29.8 Å². The van der Waals surface area contributed by atoms with Crippen LogP contribution in [0.25, 0.3) is 0 Å². The van der Waals surface area contributed by atoms with E-state index in [4.69, 9.17) is 21.1 Å². The number of carbonyl (C=O) groups excluding carboxylic acids is 1. The maximum atomic E-state index is 12.6. The summed E-state index contributed by atoms with van der Waals surface area (Å²) in [6.07, 6.45) is 5.19. The number of para-hydroxylation sites is 1. The molecule has 0 spiro atoms. The van der Waals surface area contributed by atoms with Crippen LogP contribution < -0.4 is 14.8 Å². The van der Waals surface area contributed by atoms with Gasteiger partial charge in [-0.15, -0.1) is 0 Å². The third kappa shape index (κ3) is 5.51. The molecule has 1 N–H and O–H groups in total. The summed E-state index contributed by atoms with van der Waals surface area (Å²) in [5, 5.41) is 3.72. The molecule has 1 aromatic heterocycles. The number of benzene rings is 2. The minimum absolute atomic E-state index is 0.0648. The van der Waals surface area contributed by atoms with Crippen LogP contribution in [0.4, 0.5) is 0 Å². The number of halogens is 1. The van der Waals surface area contributed by atoms with Crippen molar-refractivity contribution in [2.45, 2.75) is 37.8 Å². The van der Waals surface area contributed by atoms with Crippen LogP contribution in [0.15, 0.2) is 72.9 Å². The minimum Gasteiger partial charge on any atom is -0.474 e. The Bertz CT molecular complexity index is 954. The molecule has 4 rings (SSSR count). The lowest BCUT2D eigenvalue weighted by Crippen LogP contribution is -2.39. The van der Waals surface area contributed by atoms with Crippen molar-refractivity contribution in [1.82, 2.24) is 10.3 Å². The highest BCUT2D eigenvalue weighted by atomic mass is 35.5. The van der Waals surface area contributed by atoms with E-state index in [1.807, 2.05) is 42.5 Å². The summed E-state index contributed by atoms with van der Waals surface area (Å²) in [5.41, 5.74) is 0.624.